The van der Waals surface area contributed by atoms with E-state index in [0.29, 0.717) is 50.7 Å². The van der Waals surface area contributed by atoms with Gasteiger partial charge in [-0.25, -0.2) is 13.4 Å². The van der Waals surface area contributed by atoms with Crippen molar-refractivity contribution in [2.24, 2.45) is 5.92 Å². The number of thiazole rings is 1. The van der Waals surface area contributed by atoms with Gasteiger partial charge in [0.15, 0.2) is 5.13 Å². The molecule has 5 rings (SSSR count). The second-order valence-electron chi connectivity index (χ2n) is 9.22. The average Bonchev–Trinajstić information content (AvgIpc) is 3.33. The largest absolute Gasteiger partial charge is 0.494 e. The molecule has 2 aromatic carbocycles. The van der Waals surface area contributed by atoms with E-state index in [0.717, 1.165) is 33.9 Å². The predicted molar refractivity (Wildman–Crippen MR) is 138 cm³/mol. The third kappa shape index (κ3) is 4.74. The van der Waals surface area contributed by atoms with Crippen molar-refractivity contribution >= 4 is 42.6 Å². The van der Waals surface area contributed by atoms with E-state index in [1.165, 1.54) is 0 Å². The Kier molecular flexibility index (Phi) is 6.69. The minimum atomic E-state index is -3.53. The normalized spacial score (nSPS) is 19.8. The van der Waals surface area contributed by atoms with Gasteiger partial charge in [-0.05, 0) is 55.2 Å². The number of hydrogen-bond donors (Lipinski definition) is 0. The maximum atomic E-state index is 13.1. The zero-order valence-corrected chi connectivity index (χ0v) is 21.6. The quantitative estimate of drug-likeness (QED) is 0.517. The molecule has 0 spiro atoms. The molecule has 0 aliphatic carbocycles. The number of anilines is 1. The number of carbonyl (C=O) groups is 1. The predicted octanol–water partition coefficient (Wildman–Crippen LogP) is 3.69. The van der Waals surface area contributed by atoms with Gasteiger partial charge in [-0.2, -0.15) is 4.31 Å². The summed E-state index contributed by atoms with van der Waals surface area (Å²) in [5.74, 6) is 1.05. The molecule has 8 nitrogen and oxygen atoms in total. The molecule has 1 aromatic heterocycles. The van der Waals surface area contributed by atoms with Crippen molar-refractivity contribution in [3.63, 3.8) is 0 Å². The van der Waals surface area contributed by atoms with Crippen molar-refractivity contribution < 1.29 is 17.9 Å². The molecule has 0 N–H and O–H groups in total. The van der Waals surface area contributed by atoms with Crippen LogP contribution in [0.1, 0.15) is 30.1 Å². The fourth-order valence-corrected chi connectivity index (χ4v) is 7.41. The van der Waals surface area contributed by atoms with Gasteiger partial charge in [-0.3, -0.25) is 4.79 Å². The molecule has 3 heterocycles. The fraction of sp³-hybridized carbons (Fsp3) is 0.440. The van der Waals surface area contributed by atoms with Crippen LogP contribution < -0.4 is 9.64 Å². The van der Waals surface area contributed by atoms with Crippen molar-refractivity contribution in [3.05, 3.63) is 48.0 Å². The molecule has 35 heavy (non-hydrogen) atoms. The molecule has 2 fully saturated rings. The Bertz CT molecular complexity index is 1310. The molecule has 0 bridgehead atoms. The number of ether oxygens (including phenoxy) is 1. The second-order valence-corrected chi connectivity index (χ2v) is 12.2. The van der Waals surface area contributed by atoms with Gasteiger partial charge in [0.1, 0.15) is 11.3 Å². The number of sulfonamides is 1. The Morgan fingerprint density at radius 1 is 1.06 bits per heavy atom. The lowest BCUT2D eigenvalue weighted by molar-refractivity contribution is 0.0746. The SMILES string of the molecule is COc1cccc2sc(N3CCN(C(=O)c4ccc(S(=O)(=O)N5CCCC(C)C5)cc4)CC3)nc12. The molecule has 1 amide bonds. The monoisotopic (exact) mass is 514 g/mol. The first-order valence-electron chi connectivity index (χ1n) is 11.9. The van der Waals surface area contributed by atoms with Crippen molar-refractivity contribution in [1.29, 1.82) is 0 Å². The number of amides is 1. The van der Waals surface area contributed by atoms with Gasteiger partial charge in [0.25, 0.3) is 5.91 Å². The topological polar surface area (TPSA) is 83.0 Å². The van der Waals surface area contributed by atoms with Crippen molar-refractivity contribution in [1.82, 2.24) is 14.2 Å². The third-order valence-electron chi connectivity index (χ3n) is 6.79. The van der Waals surface area contributed by atoms with E-state index in [2.05, 4.69) is 11.8 Å². The summed E-state index contributed by atoms with van der Waals surface area (Å²) in [6, 6.07) is 12.3. The van der Waals surface area contributed by atoms with Crippen LogP contribution in [0.2, 0.25) is 0 Å². The number of para-hydroxylation sites is 1. The summed E-state index contributed by atoms with van der Waals surface area (Å²) in [4.78, 5) is 22.1. The van der Waals surface area contributed by atoms with Crippen LogP contribution in [0.4, 0.5) is 5.13 Å². The number of fused-ring (bicyclic) bond motifs is 1. The highest BCUT2D eigenvalue weighted by atomic mass is 32.2. The van der Waals surface area contributed by atoms with Crippen LogP contribution in [0.15, 0.2) is 47.4 Å². The Morgan fingerprint density at radius 2 is 1.80 bits per heavy atom. The Hall–Kier alpha value is -2.69. The van der Waals surface area contributed by atoms with Gasteiger partial charge in [-0.15, -0.1) is 0 Å². The van der Waals surface area contributed by atoms with E-state index in [1.807, 2.05) is 23.1 Å². The first kappa shape index (κ1) is 24.0. The van der Waals surface area contributed by atoms with E-state index in [4.69, 9.17) is 9.72 Å². The number of benzene rings is 2. The maximum absolute atomic E-state index is 13.1. The smallest absolute Gasteiger partial charge is 0.253 e. The Labute approximate surface area is 210 Å². The summed E-state index contributed by atoms with van der Waals surface area (Å²) in [5, 5.41) is 0.929. The van der Waals surface area contributed by atoms with Gasteiger partial charge < -0.3 is 14.5 Å². The lowest BCUT2D eigenvalue weighted by Gasteiger charge is -2.34. The molecular weight excluding hydrogens is 484 g/mol. The molecule has 2 aliphatic rings. The van der Waals surface area contributed by atoms with E-state index in [1.54, 1.807) is 47.0 Å². The molecule has 0 saturated carbocycles. The fourth-order valence-electron chi connectivity index (χ4n) is 4.78. The third-order valence-corrected chi connectivity index (χ3v) is 9.75. The molecule has 2 saturated heterocycles. The standard InChI is InChI=1S/C25H30N4O4S2/c1-18-5-4-12-29(17-18)35(31,32)20-10-8-19(9-11-20)24(30)27-13-15-28(16-14-27)25-26-23-21(33-2)6-3-7-22(23)34-25/h3,6-11,18H,4-5,12-17H2,1-2H3. The number of nitrogens with zero attached hydrogens (tertiary/aromatic N) is 4. The number of piperidine rings is 1. The first-order valence-corrected chi connectivity index (χ1v) is 14.2. The van der Waals surface area contributed by atoms with Crippen molar-refractivity contribution in [2.75, 3.05) is 51.3 Å². The maximum Gasteiger partial charge on any atom is 0.253 e. The summed E-state index contributed by atoms with van der Waals surface area (Å²) < 4.78 is 34.1. The van der Waals surface area contributed by atoms with Crippen LogP contribution in [-0.4, -0.2) is 74.9 Å². The second kappa shape index (κ2) is 9.75. The molecule has 1 unspecified atom stereocenters. The molecule has 10 heteroatoms. The van der Waals surface area contributed by atoms with Crippen molar-refractivity contribution in [2.45, 2.75) is 24.7 Å². The van der Waals surface area contributed by atoms with Crippen LogP contribution in [0.5, 0.6) is 5.75 Å². The van der Waals surface area contributed by atoms with Crippen LogP contribution in [0, 0.1) is 5.92 Å². The van der Waals surface area contributed by atoms with Crippen LogP contribution in [0.25, 0.3) is 10.2 Å². The van der Waals surface area contributed by atoms with E-state index < -0.39 is 10.0 Å². The highest BCUT2D eigenvalue weighted by Gasteiger charge is 2.29. The molecule has 3 aromatic rings. The van der Waals surface area contributed by atoms with Gasteiger partial charge in [0, 0.05) is 44.8 Å². The number of rotatable bonds is 5. The van der Waals surface area contributed by atoms with Crippen LogP contribution in [-0.2, 0) is 10.0 Å². The molecule has 186 valence electrons. The summed E-state index contributed by atoms with van der Waals surface area (Å²) in [5.41, 5.74) is 1.37. The molecule has 0 radical (unpaired) electrons. The lowest BCUT2D eigenvalue weighted by atomic mass is 10.0. The van der Waals surface area contributed by atoms with Crippen molar-refractivity contribution in [3.8, 4) is 5.75 Å². The number of piperazine rings is 1. The number of aromatic nitrogens is 1. The minimum Gasteiger partial charge on any atom is -0.494 e. The zero-order chi connectivity index (χ0) is 24.6. The molecular formula is C25H30N4O4S2. The summed E-state index contributed by atoms with van der Waals surface area (Å²) in [6.07, 6.45) is 1.94. The number of hydrogen-bond acceptors (Lipinski definition) is 7. The summed E-state index contributed by atoms with van der Waals surface area (Å²) in [6.45, 7) is 5.72. The summed E-state index contributed by atoms with van der Waals surface area (Å²) >= 11 is 1.63. The van der Waals surface area contributed by atoms with E-state index >= 15 is 0 Å². The summed E-state index contributed by atoms with van der Waals surface area (Å²) in [7, 11) is -1.88. The average molecular weight is 515 g/mol. The van der Waals surface area contributed by atoms with Gasteiger partial charge in [0.05, 0.1) is 16.7 Å². The highest BCUT2D eigenvalue weighted by molar-refractivity contribution is 7.89. The molecule has 1 atom stereocenters. The van der Waals surface area contributed by atoms with Crippen LogP contribution >= 0.6 is 11.3 Å². The van der Waals surface area contributed by atoms with Gasteiger partial charge >= 0.3 is 0 Å². The van der Waals surface area contributed by atoms with E-state index in [9.17, 15) is 13.2 Å². The highest BCUT2D eigenvalue weighted by Crippen LogP contribution is 2.34. The van der Waals surface area contributed by atoms with Crippen LogP contribution in [0.3, 0.4) is 0 Å². The number of carbonyl (C=O) groups excluding carboxylic acids is 1. The Balaban J connectivity index is 1.23. The van der Waals surface area contributed by atoms with Gasteiger partial charge in [-0.1, -0.05) is 24.3 Å². The number of methoxy groups -OCH3 is 1. The Morgan fingerprint density at radius 3 is 2.49 bits per heavy atom. The minimum absolute atomic E-state index is 0.0776. The lowest BCUT2D eigenvalue weighted by Crippen LogP contribution is -2.48. The molecule has 2 aliphatic heterocycles. The first-order chi connectivity index (χ1) is 16.9. The van der Waals surface area contributed by atoms with E-state index in [-0.39, 0.29) is 10.8 Å². The van der Waals surface area contributed by atoms with Gasteiger partial charge in [0.2, 0.25) is 10.0 Å². The zero-order valence-electron chi connectivity index (χ0n) is 20.0.